The Morgan fingerprint density at radius 1 is 1.41 bits per heavy atom. The third kappa shape index (κ3) is 4.23. The van der Waals surface area contributed by atoms with Crippen LogP contribution >= 0.6 is 0 Å². The zero-order valence-electron chi connectivity index (χ0n) is 11.2. The summed E-state index contributed by atoms with van der Waals surface area (Å²) in [5.41, 5.74) is 6.03. The molecule has 0 saturated carbocycles. The molecule has 1 heterocycles. The van der Waals surface area contributed by atoms with Crippen LogP contribution in [0.1, 0.15) is 20.3 Å². The first-order valence-electron chi connectivity index (χ1n) is 6.02. The highest BCUT2D eigenvalue weighted by Gasteiger charge is 2.10. The smallest absolute Gasteiger partial charge is 0.214 e. The van der Waals surface area contributed by atoms with Gasteiger partial charge < -0.3 is 15.4 Å². The Morgan fingerprint density at radius 3 is 2.71 bits per heavy atom. The molecule has 96 valence electrons. The van der Waals surface area contributed by atoms with Crippen LogP contribution in [-0.2, 0) is 0 Å². The van der Waals surface area contributed by atoms with Crippen LogP contribution < -0.4 is 15.4 Å². The summed E-state index contributed by atoms with van der Waals surface area (Å²) >= 11 is 0. The van der Waals surface area contributed by atoms with Crippen LogP contribution in [0.5, 0.6) is 5.88 Å². The number of hydrogen-bond donors (Lipinski definition) is 1. The van der Waals surface area contributed by atoms with Gasteiger partial charge in [0.2, 0.25) is 5.88 Å². The lowest BCUT2D eigenvalue weighted by atomic mass is 10.0. The van der Waals surface area contributed by atoms with E-state index in [4.69, 9.17) is 10.5 Å². The Hall–Kier alpha value is -1.29. The average Bonchev–Trinajstić information content (AvgIpc) is 2.35. The zero-order valence-corrected chi connectivity index (χ0v) is 11.2. The highest BCUT2D eigenvalue weighted by Crippen LogP contribution is 2.15. The summed E-state index contributed by atoms with van der Waals surface area (Å²) in [6.07, 6.45) is 0.965. The number of anilines is 1. The first-order valence-corrected chi connectivity index (χ1v) is 6.02. The Kier molecular flexibility index (Phi) is 5.22. The van der Waals surface area contributed by atoms with E-state index in [1.807, 2.05) is 25.2 Å². The summed E-state index contributed by atoms with van der Waals surface area (Å²) in [5.74, 6) is 2.07. The van der Waals surface area contributed by atoms with E-state index in [2.05, 4.69) is 23.7 Å². The highest BCUT2D eigenvalue weighted by molar-refractivity contribution is 5.39. The second-order valence-electron chi connectivity index (χ2n) is 4.66. The number of aromatic nitrogens is 1. The summed E-state index contributed by atoms with van der Waals surface area (Å²) < 4.78 is 5.11. The van der Waals surface area contributed by atoms with E-state index >= 15 is 0 Å². The SMILES string of the molecule is COc1cccc(N(C)CCC(N)C(C)C)n1. The molecule has 0 aromatic carbocycles. The molecule has 0 amide bonds. The van der Waals surface area contributed by atoms with Gasteiger partial charge in [0, 0.05) is 25.7 Å². The molecule has 0 aliphatic rings. The predicted molar refractivity (Wildman–Crippen MR) is 71.5 cm³/mol. The Morgan fingerprint density at radius 2 is 2.12 bits per heavy atom. The van der Waals surface area contributed by atoms with Crippen molar-refractivity contribution in [2.45, 2.75) is 26.3 Å². The molecule has 4 heteroatoms. The van der Waals surface area contributed by atoms with Crippen molar-refractivity contribution in [3.05, 3.63) is 18.2 Å². The van der Waals surface area contributed by atoms with Crippen molar-refractivity contribution in [2.75, 3.05) is 25.6 Å². The molecule has 0 spiro atoms. The van der Waals surface area contributed by atoms with Crippen molar-refractivity contribution in [1.29, 1.82) is 0 Å². The van der Waals surface area contributed by atoms with Gasteiger partial charge in [-0.05, 0) is 18.4 Å². The predicted octanol–water partition coefficient (Wildman–Crippen LogP) is 1.90. The molecular weight excluding hydrogens is 214 g/mol. The van der Waals surface area contributed by atoms with Gasteiger partial charge in [-0.25, -0.2) is 0 Å². The van der Waals surface area contributed by atoms with Gasteiger partial charge in [-0.1, -0.05) is 19.9 Å². The molecule has 2 N–H and O–H groups in total. The van der Waals surface area contributed by atoms with Crippen molar-refractivity contribution in [2.24, 2.45) is 11.7 Å². The van der Waals surface area contributed by atoms with E-state index < -0.39 is 0 Å². The standard InChI is InChI=1S/C13H23N3O/c1-10(2)11(14)8-9-16(3)12-6-5-7-13(15-12)17-4/h5-7,10-11H,8-9,14H2,1-4H3. The molecular formula is C13H23N3O. The van der Waals surface area contributed by atoms with Crippen molar-refractivity contribution in [3.8, 4) is 5.88 Å². The summed E-state index contributed by atoms with van der Waals surface area (Å²) in [4.78, 5) is 6.48. The first-order chi connectivity index (χ1) is 8.04. The van der Waals surface area contributed by atoms with E-state index in [0.717, 1.165) is 18.8 Å². The van der Waals surface area contributed by atoms with Crippen LogP contribution in [-0.4, -0.2) is 31.7 Å². The second kappa shape index (κ2) is 6.45. The molecule has 17 heavy (non-hydrogen) atoms. The molecule has 0 saturated heterocycles. The number of rotatable bonds is 6. The normalized spacial score (nSPS) is 12.6. The van der Waals surface area contributed by atoms with Crippen molar-refractivity contribution < 1.29 is 4.74 Å². The molecule has 4 nitrogen and oxygen atoms in total. The molecule has 1 aromatic rings. The van der Waals surface area contributed by atoms with E-state index in [1.165, 1.54) is 0 Å². The summed E-state index contributed by atoms with van der Waals surface area (Å²) in [5, 5.41) is 0. The van der Waals surface area contributed by atoms with Crippen LogP contribution in [0.4, 0.5) is 5.82 Å². The number of nitrogens with zero attached hydrogens (tertiary/aromatic N) is 2. The molecule has 0 radical (unpaired) electrons. The summed E-state index contributed by atoms with van der Waals surface area (Å²) in [6, 6.07) is 6.00. The number of hydrogen-bond acceptors (Lipinski definition) is 4. The number of pyridine rings is 1. The molecule has 0 aliphatic heterocycles. The fourth-order valence-electron chi connectivity index (χ4n) is 1.52. The average molecular weight is 237 g/mol. The molecule has 0 fully saturated rings. The monoisotopic (exact) mass is 237 g/mol. The van der Waals surface area contributed by atoms with Gasteiger partial charge in [-0.2, -0.15) is 4.98 Å². The molecule has 0 aliphatic carbocycles. The van der Waals surface area contributed by atoms with Gasteiger partial charge in [-0.3, -0.25) is 0 Å². The topological polar surface area (TPSA) is 51.4 Å². The van der Waals surface area contributed by atoms with E-state index in [0.29, 0.717) is 11.8 Å². The van der Waals surface area contributed by atoms with E-state index in [1.54, 1.807) is 7.11 Å². The largest absolute Gasteiger partial charge is 0.481 e. The lowest BCUT2D eigenvalue weighted by Crippen LogP contribution is -2.32. The number of ether oxygens (including phenoxy) is 1. The van der Waals surface area contributed by atoms with Crippen LogP contribution in [0.2, 0.25) is 0 Å². The molecule has 1 atom stereocenters. The van der Waals surface area contributed by atoms with Crippen LogP contribution in [0.25, 0.3) is 0 Å². The first kappa shape index (κ1) is 13.8. The lowest BCUT2D eigenvalue weighted by Gasteiger charge is -2.22. The Bertz CT molecular complexity index is 341. The second-order valence-corrected chi connectivity index (χ2v) is 4.66. The number of nitrogens with two attached hydrogens (primary N) is 1. The Labute approximate surface area is 104 Å². The maximum absolute atomic E-state index is 6.03. The van der Waals surface area contributed by atoms with Crippen molar-refractivity contribution in [1.82, 2.24) is 4.98 Å². The van der Waals surface area contributed by atoms with Gasteiger partial charge in [0.1, 0.15) is 5.82 Å². The minimum absolute atomic E-state index is 0.239. The molecule has 1 aromatic heterocycles. The summed E-state index contributed by atoms with van der Waals surface area (Å²) in [6.45, 7) is 5.20. The third-order valence-electron chi connectivity index (χ3n) is 2.96. The van der Waals surface area contributed by atoms with Crippen molar-refractivity contribution >= 4 is 5.82 Å². The molecule has 1 unspecified atom stereocenters. The van der Waals surface area contributed by atoms with E-state index in [9.17, 15) is 0 Å². The van der Waals surface area contributed by atoms with Crippen LogP contribution in [0.15, 0.2) is 18.2 Å². The van der Waals surface area contributed by atoms with Gasteiger partial charge >= 0.3 is 0 Å². The summed E-state index contributed by atoms with van der Waals surface area (Å²) in [7, 11) is 3.65. The quantitative estimate of drug-likeness (QED) is 0.821. The lowest BCUT2D eigenvalue weighted by molar-refractivity contribution is 0.397. The minimum atomic E-state index is 0.239. The molecule has 0 bridgehead atoms. The fourth-order valence-corrected chi connectivity index (χ4v) is 1.52. The van der Waals surface area contributed by atoms with Gasteiger partial charge in [0.05, 0.1) is 7.11 Å². The number of methoxy groups -OCH3 is 1. The van der Waals surface area contributed by atoms with Crippen LogP contribution in [0.3, 0.4) is 0 Å². The minimum Gasteiger partial charge on any atom is -0.481 e. The fraction of sp³-hybridized carbons (Fsp3) is 0.615. The Balaban J connectivity index is 2.54. The maximum atomic E-state index is 6.03. The van der Waals surface area contributed by atoms with Crippen molar-refractivity contribution in [3.63, 3.8) is 0 Å². The van der Waals surface area contributed by atoms with Gasteiger partial charge in [0.25, 0.3) is 0 Å². The molecule has 1 rings (SSSR count). The third-order valence-corrected chi connectivity index (χ3v) is 2.96. The van der Waals surface area contributed by atoms with Gasteiger partial charge in [-0.15, -0.1) is 0 Å². The zero-order chi connectivity index (χ0) is 12.8. The maximum Gasteiger partial charge on any atom is 0.214 e. The highest BCUT2D eigenvalue weighted by atomic mass is 16.5. The van der Waals surface area contributed by atoms with Gasteiger partial charge in [0.15, 0.2) is 0 Å². The van der Waals surface area contributed by atoms with E-state index in [-0.39, 0.29) is 6.04 Å². The van der Waals surface area contributed by atoms with Crippen LogP contribution in [0, 0.1) is 5.92 Å².